The lowest BCUT2D eigenvalue weighted by atomic mass is 9.93. The predicted octanol–water partition coefficient (Wildman–Crippen LogP) is 1.84. The molecule has 0 radical (unpaired) electrons. The fraction of sp³-hybridized carbons (Fsp3) is 0.562. The summed E-state index contributed by atoms with van der Waals surface area (Å²) in [4.78, 5) is 14.0. The van der Waals surface area contributed by atoms with Gasteiger partial charge in [0.1, 0.15) is 6.04 Å². The standard InChI is InChI=1S/C16H24N2O2/c1-12-10-13-6-4-5-7-15(13)18(11-12)9-8-14(17-2)16(19)20-3/h4-7,12,14,17H,8-11H2,1-3H3. The van der Waals surface area contributed by atoms with Crippen molar-refractivity contribution in [1.82, 2.24) is 5.32 Å². The molecule has 0 aromatic heterocycles. The van der Waals surface area contributed by atoms with Crippen LogP contribution in [-0.2, 0) is 16.0 Å². The zero-order valence-electron chi connectivity index (χ0n) is 12.6. The lowest BCUT2D eigenvalue weighted by Gasteiger charge is -2.35. The number of nitrogens with zero attached hydrogens (tertiary/aromatic N) is 1. The van der Waals surface area contributed by atoms with Crippen LogP contribution >= 0.6 is 0 Å². The van der Waals surface area contributed by atoms with Gasteiger partial charge in [-0.15, -0.1) is 0 Å². The molecule has 110 valence electrons. The lowest BCUT2D eigenvalue weighted by molar-refractivity contribution is -0.143. The molecule has 0 fully saturated rings. The zero-order chi connectivity index (χ0) is 14.5. The Bertz CT molecular complexity index is 462. The summed E-state index contributed by atoms with van der Waals surface area (Å²) >= 11 is 0. The summed E-state index contributed by atoms with van der Waals surface area (Å²) in [5.41, 5.74) is 2.72. The van der Waals surface area contributed by atoms with Gasteiger partial charge in [-0.2, -0.15) is 0 Å². The fourth-order valence-electron chi connectivity index (χ4n) is 2.93. The summed E-state index contributed by atoms with van der Waals surface area (Å²) in [5.74, 6) is 0.460. The Hall–Kier alpha value is -1.55. The Kier molecular flexibility index (Phi) is 5.01. The van der Waals surface area contributed by atoms with E-state index < -0.39 is 0 Å². The number of hydrogen-bond acceptors (Lipinski definition) is 4. The number of rotatable bonds is 5. The average molecular weight is 276 g/mol. The van der Waals surface area contributed by atoms with Crippen LogP contribution in [0.3, 0.4) is 0 Å². The maximum atomic E-state index is 11.6. The predicted molar refractivity (Wildman–Crippen MR) is 81.0 cm³/mol. The highest BCUT2D eigenvalue weighted by Crippen LogP contribution is 2.29. The zero-order valence-corrected chi connectivity index (χ0v) is 12.6. The molecule has 1 aromatic rings. The minimum absolute atomic E-state index is 0.189. The van der Waals surface area contributed by atoms with Gasteiger partial charge in [-0.3, -0.25) is 4.79 Å². The van der Waals surface area contributed by atoms with Crippen LogP contribution in [0.25, 0.3) is 0 Å². The highest BCUT2D eigenvalue weighted by Gasteiger charge is 2.23. The fourth-order valence-corrected chi connectivity index (χ4v) is 2.93. The summed E-state index contributed by atoms with van der Waals surface area (Å²) in [6.07, 6.45) is 1.89. The number of methoxy groups -OCH3 is 1. The molecule has 1 N–H and O–H groups in total. The van der Waals surface area contributed by atoms with E-state index in [0.717, 1.165) is 25.9 Å². The van der Waals surface area contributed by atoms with Gasteiger partial charge in [0, 0.05) is 18.8 Å². The smallest absolute Gasteiger partial charge is 0.322 e. The maximum absolute atomic E-state index is 11.6. The molecule has 4 nitrogen and oxygen atoms in total. The van der Waals surface area contributed by atoms with Gasteiger partial charge in [0.25, 0.3) is 0 Å². The van der Waals surface area contributed by atoms with Gasteiger partial charge < -0.3 is 15.0 Å². The van der Waals surface area contributed by atoms with Crippen LogP contribution in [0.15, 0.2) is 24.3 Å². The summed E-state index contributed by atoms with van der Waals surface area (Å²) < 4.78 is 4.81. The molecule has 1 aromatic carbocycles. The molecule has 2 atom stereocenters. The van der Waals surface area contributed by atoms with Gasteiger partial charge in [0.2, 0.25) is 0 Å². The second kappa shape index (κ2) is 6.75. The van der Waals surface area contributed by atoms with Crippen LogP contribution in [0.1, 0.15) is 18.9 Å². The lowest BCUT2D eigenvalue weighted by Crippen LogP contribution is -2.41. The second-order valence-corrected chi connectivity index (χ2v) is 5.54. The normalized spacial score (nSPS) is 19.4. The molecule has 1 heterocycles. The molecule has 0 saturated carbocycles. The van der Waals surface area contributed by atoms with Crippen LogP contribution in [0, 0.1) is 5.92 Å². The first kappa shape index (κ1) is 14.9. The summed E-state index contributed by atoms with van der Waals surface area (Å²) in [6.45, 7) is 4.19. The van der Waals surface area contributed by atoms with E-state index in [1.54, 1.807) is 7.05 Å². The molecule has 2 unspecified atom stereocenters. The topological polar surface area (TPSA) is 41.6 Å². The van der Waals surface area contributed by atoms with Crippen LogP contribution < -0.4 is 10.2 Å². The van der Waals surface area contributed by atoms with Gasteiger partial charge in [0.05, 0.1) is 7.11 Å². The van der Waals surface area contributed by atoms with Gasteiger partial charge in [0.15, 0.2) is 0 Å². The van der Waals surface area contributed by atoms with Crippen molar-refractivity contribution >= 4 is 11.7 Å². The van der Waals surface area contributed by atoms with Gasteiger partial charge in [-0.05, 0) is 37.4 Å². The Morgan fingerprint density at radius 2 is 2.25 bits per heavy atom. The quantitative estimate of drug-likeness (QED) is 0.833. The monoisotopic (exact) mass is 276 g/mol. The molecule has 4 heteroatoms. The largest absolute Gasteiger partial charge is 0.468 e. The summed E-state index contributed by atoms with van der Waals surface area (Å²) in [5, 5.41) is 3.03. The van der Waals surface area contributed by atoms with E-state index in [-0.39, 0.29) is 12.0 Å². The second-order valence-electron chi connectivity index (χ2n) is 5.54. The van der Waals surface area contributed by atoms with Crippen molar-refractivity contribution in [2.75, 3.05) is 32.1 Å². The Balaban J connectivity index is 2.04. The number of ether oxygens (including phenoxy) is 1. The maximum Gasteiger partial charge on any atom is 0.322 e. The number of benzene rings is 1. The molecule has 2 rings (SSSR count). The first-order valence-electron chi connectivity index (χ1n) is 7.23. The van der Waals surface area contributed by atoms with Crippen molar-refractivity contribution < 1.29 is 9.53 Å². The summed E-state index contributed by atoms with van der Waals surface area (Å²) in [7, 11) is 3.24. The number of nitrogens with one attached hydrogen (secondary N) is 1. The molecule has 0 spiro atoms. The number of likely N-dealkylation sites (N-methyl/N-ethyl adjacent to an activating group) is 1. The van der Waals surface area contributed by atoms with E-state index in [2.05, 4.69) is 41.4 Å². The van der Waals surface area contributed by atoms with Crippen molar-refractivity contribution in [3.05, 3.63) is 29.8 Å². The summed E-state index contributed by atoms with van der Waals surface area (Å²) in [6, 6.07) is 8.32. The van der Waals surface area contributed by atoms with Crippen molar-refractivity contribution in [2.24, 2.45) is 5.92 Å². The number of para-hydroxylation sites is 1. The van der Waals surface area contributed by atoms with E-state index in [0.29, 0.717) is 5.92 Å². The number of hydrogen-bond donors (Lipinski definition) is 1. The third kappa shape index (κ3) is 3.31. The van der Waals surface area contributed by atoms with Crippen LogP contribution in [-0.4, -0.2) is 39.3 Å². The molecule has 1 aliphatic heterocycles. The third-order valence-corrected chi connectivity index (χ3v) is 3.95. The number of esters is 1. The third-order valence-electron chi connectivity index (χ3n) is 3.95. The number of carbonyl (C=O) groups is 1. The first-order chi connectivity index (χ1) is 9.65. The van der Waals surface area contributed by atoms with Gasteiger partial charge in [-0.25, -0.2) is 0 Å². The van der Waals surface area contributed by atoms with E-state index in [4.69, 9.17) is 4.74 Å². The average Bonchev–Trinajstić information content (AvgIpc) is 2.47. The van der Waals surface area contributed by atoms with E-state index in [1.807, 2.05) is 0 Å². The van der Waals surface area contributed by atoms with Gasteiger partial charge in [-0.1, -0.05) is 25.1 Å². The number of carbonyl (C=O) groups excluding carboxylic acids is 1. The first-order valence-corrected chi connectivity index (χ1v) is 7.23. The number of fused-ring (bicyclic) bond motifs is 1. The molecule has 0 bridgehead atoms. The highest BCUT2D eigenvalue weighted by atomic mass is 16.5. The molecular formula is C16H24N2O2. The highest BCUT2D eigenvalue weighted by molar-refractivity contribution is 5.75. The molecule has 0 amide bonds. The van der Waals surface area contributed by atoms with Crippen LogP contribution in [0.2, 0.25) is 0 Å². The molecule has 0 aliphatic carbocycles. The van der Waals surface area contributed by atoms with E-state index >= 15 is 0 Å². The van der Waals surface area contributed by atoms with Crippen molar-refractivity contribution in [3.8, 4) is 0 Å². The van der Waals surface area contributed by atoms with Crippen LogP contribution in [0.4, 0.5) is 5.69 Å². The molecule has 20 heavy (non-hydrogen) atoms. The van der Waals surface area contributed by atoms with Crippen LogP contribution in [0.5, 0.6) is 0 Å². The van der Waals surface area contributed by atoms with Crippen molar-refractivity contribution in [2.45, 2.75) is 25.8 Å². The minimum atomic E-state index is -0.232. The Morgan fingerprint density at radius 1 is 1.50 bits per heavy atom. The van der Waals surface area contributed by atoms with Gasteiger partial charge >= 0.3 is 5.97 Å². The van der Waals surface area contributed by atoms with E-state index in [1.165, 1.54) is 18.4 Å². The van der Waals surface area contributed by atoms with Crippen molar-refractivity contribution in [1.29, 1.82) is 0 Å². The van der Waals surface area contributed by atoms with Crippen molar-refractivity contribution in [3.63, 3.8) is 0 Å². The molecule has 1 aliphatic rings. The SMILES string of the molecule is CNC(CCN1CC(C)Cc2ccccc21)C(=O)OC. The Labute approximate surface area is 121 Å². The number of anilines is 1. The molecule has 0 saturated heterocycles. The Morgan fingerprint density at radius 3 is 2.95 bits per heavy atom. The minimum Gasteiger partial charge on any atom is -0.468 e. The van der Waals surface area contributed by atoms with E-state index in [9.17, 15) is 4.79 Å². The molecular weight excluding hydrogens is 252 g/mol.